The number of hydrogen-bond acceptors (Lipinski definition) is 3. The average molecular weight is 292 g/mol. The van der Waals surface area contributed by atoms with Gasteiger partial charge in [0.25, 0.3) is 0 Å². The first kappa shape index (κ1) is 14.2. The normalized spacial score (nSPS) is 11.3. The van der Waals surface area contributed by atoms with Crippen molar-refractivity contribution in [3.63, 3.8) is 0 Å². The molecule has 22 heavy (non-hydrogen) atoms. The number of carbonyl (C=O) groups is 1. The van der Waals surface area contributed by atoms with Crippen LogP contribution in [0.3, 0.4) is 0 Å². The zero-order chi connectivity index (χ0) is 15.4. The van der Waals surface area contributed by atoms with Gasteiger partial charge < -0.3 is 0 Å². The van der Waals surface area contributed by atoms with Crippen molar-refractivity contribution in [2.45, 2.75) is 6.42 Å². The molecule has 0 saturated heterocycles. The van der Waals surface area contributed by atoms with Gasteiger partial charge in [0.05, 0.1) is 0 Å². The minimum Gasteiger partial charge on any atom is -0.292 e. The van der Waals surface area contributed by atoms with Crippen molar-refractivity contribution in [1.82, 2.24) is 5.48 Å². The summed E-state index contributed by atoms with van der Waals surface area (Å²) < 4.78 is 0. The lowest BCUT2D eigenvalue weighted by Gasteiger charge is -2.07. The van der Waals surface area contributed by atoms with Gasteiger partial charge in [0.2, 0.25) is 5.91 Å². The molecule has 0 saturated carbocycles. The molecule has 4 nitrogen and oxygen atoms in total. The summed E-state index contributed by atoms with van der Waals surface area (Å²) in [6.45, 7) is 0.337. The van der Waals surface area contributed by atoms with E-state index in [1.165, 1.54) is 0 Å². The molecular formula is C18H16N2O2. The summed E-state index contributed by atoms with van der Waals surface area (Å²) in [5.41, 5.74) is 2.66. The van der Waals surface area contributed by atoms with Crippen LogP contribution in [0.2, 0.25) is 0 Å². The van der Waals surface area contributed by atoms with Crippen molar-refractivity contribution in [2.75, 3.05) is 6.54 Å². The second-order valence-corrected chi connectivity index (χ2v) is 5.05. The van der Waals surface area contributed by atoms with Crippen LogP contribution in [0.1, 0.15) is 12.0 Å². The maximum atomic E-state index is 11.0. The van der Waals surface area contributed by atoms with Gasteiger partial charge in [-0.05, 0) is 27.6 Å². The fourth-order valence-electron chi connectivity index (χ4n) is 2.57. The summed E-state index contributed by atoms with van der Waals surface area (Å²) in [5, 5.41) is 13.1. The third-order valence-electron chi connectivity index (χ3n) is 3.63. The Morgan fingerprint density at radius 1 is 1.05 bits per heavy atom. The second kappa shape index (κ2) is 6.37. The fraction of sp³-hybridized carbons (Fsp3) is 0.111. The smallest absolute Gasteiger partial charge is 0.245 e. The van der Waals surface area contributed by atoms with Crippen molar-refractivity contribution in [1.29, 1.82) is 0 Å². The highest BCUT2D eigenvalue weighted by Crippen LogP contribution is 2.27. The van der Waals surface area contributed by atoms with Crippen molar-refractivity contribution < 1.29 is 10.0 Å². The Morgan fingerprint density at radius 2 is 1.64 bits per heavy atom. The summed E-state index contributed by atoms with van der Waals surface area (Å²) in [6, 6.07) is 18.5. The van der Waals surface area contributed by atoms with Crippen LogP contribution < -0.4 is 5.48 Å². The maximum absolute atomic E-state index is 11.0. The molecule has 0 aliphatic carbocycles. The molecule has 1 amide bonds. The van der Waals surface area contributed by atoms with Crippen molar-refractivity contribution >= 4 is 33.7 Å². The summed E-state index contributed by atoms with van der Waals surface area (Å²) in [5.74, 6) is -0.431. The molecule has 0 spiro atoms. The minimum absolute atomic E-state index is 0.162. The van der Waals surface area contributed by atoms with Crippen molar-refractivity contribution in [2.24, 2.45) is 4.99 Å². The molecular weight excluding hydrogens is 276 g/mol. The van der Waals surface area contributed by atoms with Gasteiger partial charge in [0.15, 0.2) is 0 Å². The Bertz CT molecular complexity index is 802. The highest BCUT2D eigenvalue weighted by molar-refractivity contribution is 6.13. The van der Waals surface area contributed by atoms with E-state index in [-0.39, 0.29) is 6.42 Å². The first-order valence-corrected chi connectivity index (χ1v) is 7.13. The fourth-order valence-corrected chi connectivity index (χ4v) is 2.57. The number of nitrogens with zero attached hydrogens (tertiary/aromatic N) is 1. The number of fused-ring (bicyclic) bond motifs is 2. The molecule has 0 unspecified atom stereocenters. The van der Waals surface area contributed by atoms with E-state index in [0.717, 1.165) is 27.1 Å². The molecule has 4 heteroatoms. The van der Waals surface area contributed by atoms with Crippen LogP contribution >= 0.6 is 0 Å². The van der Waals surface area contributed by atoms with Gasteiger partial charge in [-0.15, -0.1) is 0 Å². The monoisotopic (exact) mass is 292 g/mol. The molecule has 0 heterocycles. The molecule has 0 fully saturated rings. The Kier molecular flexibility index (Phi) is 4.12. The van der Waals surface area contributed by atoms with Gasteiger partial charge in [-0.3, -0.25) is 15.0 Å². The summed E-state index contributed by atoms with van der Waals surface area (Å²) in [6.07, 6.45) is 1.98. The van der Waals surface area contributed by atoms with E-state index in [9.17, 15) is 4.79 Å². The third-order valence-corrected chi connectivity index (χ3v) is 3.63. The second-order valence-electron chi connectivity index (χ2n) is 5.05. The van der Waals surface area contributed by atoms with Gasteiger partial charge in [0, 0.05) is 24.7 Å². The van der Waals surface area contributed by atoms with E-state index in [4.69, 9.17) is 5.21 Å². The molecule has 0 atom stereocenters. The number of hydroxylamine groups is 1. The molecule has 0 aliphatic rings. The number of rotatable bonds is 4. The van der Waals surface area contributed by atoms with Gasteiger partial charge in [-0.25, -0.2) is 5.48 Å². The van der Waals surface area contributed by atoms with Gasteiger partial charge in [-0.1, -0.05) is 48.5 Å². The predicted octanol–water partition coefficient (Wildman–Crippen LogP) is 3.31. The Morgan fingerprint density at radius 3 is 2.23 bits per heavy atom. The van der Waals surface area contributed by atoms with Crippen LogP contribution in [0.15, 0.2) is 59.6 Å². The first-order valence-electron chi connectivity index (χ1n) is 7.13. The van der Waals surface area contributed by atoms with Crippen molar-refractivity contribution in [3.05, 3.63) is 60.2 Å². The number of aliphatic imine (C=N–C) groups is 1. The number of amides is 1. The molecule has 3 aromatic rings. The number of benzene rings is 3. The lowest BCUT2D eigenvalue weighted by Crippen LogP contribution is -2.18. The topological polar surface area (TPSA) is 61.7 Å². The van der Waals surface area contributed by atoms with Crippen LogP contribution in [0.4, 0.5) is 0 Å². The minimum atomic E-state index is -0.431. The van der Waals surface area contributed by atoms with E-state index in [1.807, 2.05) is 30.5 Å². The molecule has 2 N–H and O–H groups in total. The molecule has 3 rings (SSSR count). The Labute approximate surface area is 128 Å². The lowest BCUT2D eigenvalue weighted by molar-refractivity contribution is -0.128. The largest absolute Gasteiger partial charge is 0.292 e. The standard InChI is InChI=1S/C18H16N2O2/c21-18(20-22)9-10-19-12-17-15-7-3-1-5-13(15)11-14-6-2-4-8-16(14)17/h1-8,11-12,22H,9-10H2,(H,20,21). The van der Waals surface area contributed by atoms with E-state index in [2.05, 4.69) is 35.3 Å². The molecule has 0 aliphatic heterocycles. The van der Waals surface area contributed by atoms with Crippen molar-refractivity contribution in [3.8, 4) is 0 Å². The third kappa shape index (κ3) is 2.82. The number of hydrogen-bond donors (Lipinski definition) is 2. The van der Waals surface area contributed by atoms with E-state index in [1.54, 1.807) is 5.48 Å². The maximum Gasteiger partial charge on any atom is 0.245 e. The van der Waals surface area contributed by atoms with Crippen LogP contribution in [-0.2, 0) is 4.79 Å². The molecule has 110 valence electrons. The summed E-state index contributed by atoms with van der Waals surface area (Å²) >= 11 is 0. The van der Waals surface area contributed by atoms with E-state index < -0.39 is 5.91 Å². The Balaban J connectivity index is 2.04. The number of nitrogens with one attached hydrogen (secondary N) is 1. The molecule has 0 radical (unpaired) electrons. The first-order chi connectivity index (χ1) is 10.8. The van der Waals surface area contributed by atoms with E-state index in [0.29, 0.717) is 6.54 Å². The SMILES string of the molecule is O=C(CCN=Cc1c2ccccc2cc2ccccc12)NO. The summed E-state index contributed by atoms with van der Waals surface area (Å²) in [4.78, 5) is 15.3. The highest BCUT2D eigenvalue weighted by Gasteiger charge is 2.05. The van der Waals surface area contributed by atoms with Crippen LogP contribution in [0.25, 0.3) is 21.5 Å². The average Bonchev–Trinajstić information content (AvgIpc) is 2.57. The highest BCUT2D eigenvalue weighted by atomic mass is 16.5. The molecule has 0 aromatic heterocycles. The summed E-state index contributed by atoms with van der Waals surface area (Å²) in [7, 11) is 0. The van der Waals surface area contributed by atoms with Gasteiger partial charge >= 0.3 is 0 Å². The quantitative estimate of drug-likeness (QED) is 0.335. The zero-order valence-corrected chi connectivity index (χ0v) is 12.0. The van der Waals surface area contributed by atoms with Gasteiger partial charge in [-0.2, -0.15) is 0 Å². The van der Waals surface area contributed by atoms with Crippen LogP contribution in [0.5, 0.6) is 0 Å². The van der Waals surface area contributed by atoms with E-state index >= 15 is 0 Å². The zero-order valence-electron chi connectivity index (χ0n) is 12.0. The Hall–Kier alpha value is -2.72. The van der Waals surface area contributed by atoms with Gasteiger partial charge in [0.1, 0.15) is 0 Å². The predicted molar refractivity (Wildman–Crippen MR) is 88.5 cm³/mol. The number of carbonyl (C=O) groups excluding carboxylic acids is 1. The van der Waals surface area contributed by atoms with Crippen LogP contribution in [-0.4, -0.2) is 23.9 Å². The lowest BCUT2D eigenvalue weighted by atomic mass is 9.97. The molecule has 3 aromatic carbocycles. The molecule has 0 bridgehead atoms. The van der Waals surface area contributed by atoms with Crippen LogP contribution in [0, 0.1) is 0 Å².